The minimum atomic E-state index is -0.138. The van der Waals surface area contributed by atoms with Crippen LogP contribution in [0.2, 0.25) is 0 Å². The van der Waals surface area contributed by atoms with Crippen LogP contribution in [0.4, 0.5) is 34.1 Å². The van der Waals surface area contributed by atoms with Gasteiger partial charge in [0.1, 0.15) is 11.2 Å². The molecule has 0 unspecified atom stereocenters. The average Bonchev–Trinajstić information content (AvgIpc) is 3.88. The summed E-state index contributed by atoms with van der Waals surface area (Å²) in [4.78, 5) is 4.72. The summed E-state index contributed by atoms with van der Waals surface area (Å²) in [6.45, 7) is 9.38. The number of hydrogen-bond donors (Lipinski definition) is 0. The largest absolute Gasteiger partial charge is 0.456 e. The molecule has 0 atom stereocenters. The molecule has 2 aliphatic carbocycles. The number of rotatable bonds is 7. The van der Waals surface area contributed by atoms with Crippen LogP contribution < -0.4 is 9.80 Å². The SMILES string of the molecule is CC1(C)c2ccccc2-c2ccc(N(c3ccc(-c4ccc5c(c4)-c4cc6c(cc4C5(C)C)oc4ccccc46)cc3)c3ccc(N(c4ccccc4)c4ccccc4)cc3)cc21. The minimum Gasteiger partial charge on any atom is -0.456 e. The lowest BCUT2D eigenvalue weighted by atomic mass is 9.82. The fraction of sp³-hybridized carbons (Fsp3) is 0.100. The lowest BCUT2D eigenvalue weighted by molar-refractivity contribution is 0.647. The number of hydrogen-bond acceptors (Lipinski definition) is 3. The predicted molar refractivity (Wildman–Crippen MR) is 264 cm³/mol. The van der Waals surface area contributed by atoms with Crippen LogP contribution in [0.3, 0.4) is 0 Å². The molecule has 3 nitrogen and oxygen atoms in total. The van der Waals surface area contributed by atoms with E-state index in [1.54, 1.807) is 0 Å². The van der Waals surface area contributed by atoms with E-state index in [-0.39, 0.29) is 10.8 Å². The van der Waals surface area contributed by atoms with Crippen LogP contribution in [0.25, 0.3) is 55.3 Å². The van der Waals surface area contributed by atoms with Gasteiger partial charge in [-0.25, -0.2) is 0 Å². The third-order valence-electron chi connectivity index (χ3n) is 13.9. The normalized spacial score (nSPS) is 14.0. The topological polar surface area (TPSA) is 19.6 Å². The Kier molecular flexibility index (Phi) is 8.23. The van der Waals surface area contributed by atoms with E-state index in [4.69, 9.17) is 4.42 Å². The molecule has 0 radical (unpaired) electrons. The highest BCUT2D eigenvalue weighted by molar-refractivity contribution is 6.08. The van der Waals surface area contributed by atoms with E-state index in [0.29, 0.717) is 0 Å². The summed E-state index contributed by atoms with van der Waals surface area (Å²) in [6, 6.07) is 75.3. The molecule has 0 spiro atoms. The van der Waals surface area contributed by atoms with E-state index in [1.807, 2.05) is 6.07 Å². The summed E-state index contributed by atoms with van der Waals surface area (Å²) in [6.07, 6.45) is 0. The van der Waals surface area contributed by atoms with E-state index in [9.17, 15) is 0 Å². The second-order valence-electron chi connectivity index (χ2n) is 18.2. The first-order chi connectivity index (χ1) is 30.7. The molecule has 2 aliphatic rings. The van der Waals surface area contributed by atoms with Gasteiger partial charge in [0.15, 0.2) is 0 Å². The Labute approximate surface area is 369 Å². The van der Waals surface area contributed by atoms with Crippen LogP contribution in [-0.2, 0) is 10.8 Å². The second-order valence-corrected chi connectivity index (χ2v) is 18.2. The number of nitrogens with zero attached hydrogens (tertiary/aromatic N) is 2. The van der Waals surface area contributed by atoms with Gasteiger partial charge in [-0.3, -0.25) is 0 Å². The molecule has 0 saturated carbocycles. The van der Waals surface area contributed by atoms with Crippen LogP contribution in [-0.4, -0.2) is 0 Å². The average molecular weight is 811 g/mol. The van der Waals surface area contributed by atoms with Crippen molar-refractivity contribution in [2.45, 2.75) is 38.5 Å². The molecule has 0 aliphatic heterocycles. The van der Waals surface area contributed by atoms with Gasteiger partial charge in [-0.1, -0.05) is 137 Å². The summed E-state index contributed by atoms with van der Waals surface area (Å²) in [5.74, 6) is 0. The summed E-state index contributed by atoms with van der Waals surface area (Å²) < 4.78 is 6.35. The Morgan fingerprint density at radius 3 is 1.46 bits per heavy atom. The third kappa shape index (κ3) is 5.80. The van der Waals surface area contributed by atoms with E-state index < -0.39 is 0 Å². The third-order valence-corrected chi connectivity index (χ3v) is 13.9. The second kappa shape index (κ2) is 14.0. The molecular weight excluding hydrogens is 765 g/mol. The smallest absolute Gasteiger partial charge is 0.135 e. The van der Waals surface area contributed by atoms with Crippen molar-refractivity contribution in [1.29, 1.82) is 0 Å². The first-order valence-electron chi connectivity index (χ1n) is 22.0. The van der Waals surface area contributed by atoms with E-state index in [2.05, 4.69) is 238 Å². The van der Waals surface area contributed by atoms with Crippen molar-refractivity contribution in [2.24, 2.45) is 0 Å². The zero-order chi connectivity index (χ0) is 42.5. The van der Waals surface area contributed by atoms with E-state index in [0.717, 1.165) is 50.7 Å². The van der Waals surface area contributed by atoms with Crippen molar-refractivity contribution < 1.29 is 4.42 Å². The highest BCUT2D eigenvalue weighted by Crippen LogP contribution is 2.53. The van der Waals surface area contributed by atoms with Crippen molar-refractivity contribution in [2.75, 3.05) is 9.80 Å². The molecule has 9 aromatic carbocycles. The molecule has 1 heterocycles. The number of fused-ring (bicyclic) bond motifs is 9. The molecule has 0 fully saturated rings. The van der Waals surface area contributed by atoms with Crippen LogP contribution in [0.15, 0.2) is 211 Å². The van der Waals surface area contributed by atoms with Crippen molar-refractivity contribution >= 4 is 56.1 Å². The van der Waals surface area contributed by atoms with Crippen LogP contribution in [0, 0.1) is 0 Å². The molecule has 302 valence electrons. The summed E-state index contributed by atoms with van der Waals surface area (Å²) in [5, 5.41) is 2.33. The Balaban J connectivity index is 0.951. The maximum Gasteiger partial charge on any atom is 0.135 e. The minimum absolute atomic E-state index is 0.121. The Morgan fingerprint density at radius 2 is 0.778 bits per heavy atom. The van der Waals surface area contributed by atoms with Gasteiger partial charge < -0.3 is 14.2 Å². The zero-order valence-corrected chi connectivity index (χ0v) is 35.9. The van der Waals surface area contributed by atoms with Gasteiger partial charge in [0.2, 0.25) is 0 Å². The molecule has 12 rings (SSSR count). The quantitative estimate of drug-likeness (QED) is 0.160. The van der Waals surface area contributed by atoms with Crippen LogP contribution in [0.5, 0.6) is 0 Å². The molecular formula is C60H46N2O. The summed E-state index contributed by atoms with van der Waals surface area (Å²) in [5.41, 5.74) is 21.3. The van der Waals surface area contributed by atoms with Crippen molar-refractivity contribution in [3.8, 4) is 33.4 Å². The highest BCUT2D eigenvalue weighted by Gasteiger charge is 2.37. The predicted octanol–water partition coefficient (Wildman–Crippen LogP) is 16.8. The maximum absolute atomic E-state index is 6.35. The molecule has 1 aromatic heterocycles. The van der Waals surface area contributed by atoms with Gasteiger partial charge >= 0.3 is 0 Å². The standard InChI is InChI=1S/C60H46N2O/c1-59(2)53-21-13-11-19-47(53)48-33-32-46(36-55(48)59)62(45-30-28-44(29-31-45)61(41-15-7-5-8-16-41)42-17-9-6-10-18-42)43-26-23-39(24-27-43)40-25-34-54-50(35-40)51-37-52-49-20-12-14-22-57(49)63-58(52)38-56(51)60(54,3)4/h5-38H,1-4H3. The summed E-state index contributed by atoms with van der Waals surface area (Å²) >= 11 is 0. The lowest BCUT2D eigenvalue weighted by Gasteiger charge is -2.29. The van der Waals surface area contributed by atoms with Gasteiger partial charge in [0.05, 0.1) is 0 Å². The fourth-order valence-electron chi connectivity index (χ4n) is 10.6. The van der Waals surface area contributed by atoms with Crippen LogP contribution >= 0.6 is 0 Å². The van der Waals surface area contributed by atoms with Crippen molar-refractivity contribution in [1.82, 2.24) is 0 Å². The Morgan fingerprint density at radius 1 is 0.302 bits per heavy atom. The Bertz CT molecular complexity index is 3340. The van der Waals surface area contributed by atoms with Gasteiger partial charge in [-0.2, -0.15) is 0 Å². The highest BCUT2D eigenvalue weighted by atomic mass is 16.3. The zero-order valence-electron chi connectivity index (χ0n) is 35.9. The molecule has 0 N–H and O–H groups in total. The van der Waals surface area contributed by atoms with Gasteiger partial charge in [-0.15, -0.1) is 0 Å². The van der Waals surface area contributed by atoms with Gasteiger partial charge in [-0.05, 0) is 153 Å². The first kappa shape index (κ1) is 37.2. The number of anilines is 6. The molecule has 63 heavy (non-hydrogen) atoms. The van der Waals surface area contributed by atoms with Crippen molar-refractivity contribution in [3.05, 3.63) is 229 Å². The van der Waals surface area contributed by atoms with E-state index in [1.165, 1.54) is 61.0 Å². The fourth-order valence-corrected chi connectivity index (χ4v) is 10.6. The molecule has 10 aromatic rings. The van der Waals surface area contributed by atoms with Crippen molar-refractivity contribution in [3.63, 3.8) is 0 Å². The molecule has 0 bridgehead atoms. The van der Waals surface area contributed by atoms with Gasteiger partial charge in [0.25, 0.3) is 0 Å². The Hall–Kier alpha value is -7.62. The summed E-state index contributed by atoms with van der Waals surface area (Å²) in [7, 11) is 0. The first-order valence-corrected chi connectivity index (χ1v) is 22.0. The number of benzene rings is 9. The maximum atomic E-state index is 6.35. The molecule has 0 amide bonds. The molecule has 0 saturated heterocycles. The monoisotopic (exact) mass is 810 g/mol. The van der Waals surface area contributed by atoms with Gasteiger partial charge in [0, 0.05) is 55.7 Å². The number of para-hydroxylation sites is 3. The lowest BCUT2D eigenvalue weighted by Crippen LogP contribution is -2.16. The van der Waals surface area contributed by atoms with Crippen LogP contribution in [0.1, 0.15) is 49.9 Å². The number of furan rings is 1. The van der Waals surface area contributed by atoms with E-state index >= 15 is 0 Å². The molecule has 3 heteroatoms.